The second-order valence-corrected chi connectivity index (χ2v) is 8.74. The fraction of sp³-hybridized carbons (Fsp3) is 0.462. The zero-order valence-electron chi connectivity index (χ0n) is 11.9. The zero-order valence-corrected chi connectivity index (χ0v) is 12.8. The summed E-state index contributed by atoms with van der Waals surface area (Å²) in [5.41, 5.74) is 0.620. The zero-order chi connectivity index (χ0) is 15.3. The fourth-order valence-corrected chi connectivity index (χ4v) is 3.05. The predicted molar refractivity (Wildman–Crippen MR) is 75.7 cm³/mol. The Hall–Kier alpha value is -1.23. The molecule has 0 aliphatic heterocycles. The Bertz CT molecular complexity index is 501. The number of hydroxylamine groups is 2. The van der Waals surface area contributed by atoms with E-state index in [1.165, 1.54) is 24.3 Å². The quantitative estimate of drug-likeness (QED) is 0.378. The van der Waals surface area contributed by atoms with Crippen molar-refractivity contribution in [2.75, 3.05) is 33.3 Å². The van der Waals surface area contributed by atoms with Crippen molar-refractivity contribution in [3.63, 3.8) is 0 Å². The summed E-state index contributed by atoms with van der Waals surface area (Å²) in [5.74, 6) is -0.867. The van der Waals surface area contributed by atoms with Crippen molar-refractivity contribution in [3.8, 4) is 0 Å². The van der Waals surface area contributed by atoms with Crippen molar-refractivity contribution in [2.24, 2.45) is 0 Å². The number of halogens is 1. The van der Waals surface area contributed by atoms with Crippen molar-refractivity contribution in [2.45, 2.75) is 6.42 Å². The van der Waals surface area contributed by atoms with Gasteiger partial charge in [0.2, 0.25) is 0 Å². The molecule has 0 aliphatic carbocycles. The molecule has 1 amide bonds. The van der Waals surface area contributed by atoms with Gasteiger partial charge in [-0.15, -0.1) is 0 Å². The Morgan fingerprint density at radius 1 is 1.30 bits per heavy atom. The second kappa shape index (κ2) is 6.97. The number of hydrogen-bond acceptors (Lipinski definition) is 4. The van der Waals surface area contributed by atoms with Crippen LogP contribution in [0.25, 0.3) is 0 Å². The molecule has 0 heterocycles. The second-order valence-electron chi connectivity index (χ2n) is 5.31. The third-order valence-corrected chi connectivity index (χ3v) is 3.68. The molecule has 5 nitrogen and oxygen atoms in total. The van der Waals surface area contributed by atoms with Crippen molar-refractivity contribution in [3.05, 3.63) is 35.6 Å². The van der Waals surface area contributed by atoms with Gasteiger partial charge in [-0.2, -0.15) is 0 Å². The molecular formula is C13H20FN2O3P. The summed E-state index contributed by atoms with van der Waals surface area (Å²) in [7, 11) is -0.571. The van der Waals surface area contributed by atoms with Crippen LogP contribution in [0.3, 0.4) is 0 Å². The minimum Gasteiger partial charge on any atom is -0.323 e. The minimum atomic E-state index is -2.25. The van der Waals surface area contributed by atoms with Gasteiger partial charge in [-0.05, 0) is 38.1 Å². The van der Waals surface area contributed by atoms with Crippen LogP contribution in [-0.2, 0) is 15.8 Å². The molecule has 0 radical (unpaired) electrons. The maximum Gasteiger partial charge on any atom is 0.251 e. The van der Waals surface area contributed by atoms with Gasteiger partial charge in [0, 0.05) is 0 Å². The Balaban J connectivity index is 2.50. The molecule has 112 valence electrons. The Morgan fingerprint density at radius 2 is 1.85 bits per heavy atom. The highest BCUT2D eigenvalue weighted by Gasteiger charge is 2.17. The van der Waals surface area contributed by atoms with E-state index in [1.54, 1.807) is 25.3 Å². The van der Waals surface area contributed by atoms with Crippen LogP contribution in [-0.4, -0.2) is 54.4 Å². The summed E-state index contributed by atoms with van der Waals surface area (Å²) in [5, 5.41) is 10.3. The van der Waals surface area contributed by atoms with E-state index in [-0.39, 0.29) is 18.9 Å². The van der Waals surface area contributed by atoms with Crippen molar-refractivity contribution in [1.82, 2.24) is 9.96 Å². The van der Waals surface area contributed by atoms with Crippen LogP contribution in [0.1, 0.15) is 5.56 Å². The maximum atomic E-state index is 12.7. The summed E-state index contributed by atoms with van der Waals surface area (Å²) < 4.78 is 24.4. The Kier molecular flexibility index (Phi) is 5.87. The van der Waals surface area contributed by atoms with E-state index in [0.29, 0.717) is 16.9 Å². The van der Waals surface area contributed by atoms with Crippen LogP contribution in [0.15, 0.2) is 24.3 Å². The molecule has 20 heavy (non-hydrogen) atoms. The van der Waals surface area contributed by atoms with Gasteiger partial charge in [-0.3, -0.25) is 14.9 Å². The number of benzene rings is 1. The van der Waals surface area contributed by atoms with Crippen LogP contribution < -0.4 is 0 Å². The minimum absolute atomic E-state index is 0.0134. The van der Waals surface area contributed by atoms with Gasteiger partial charge in [0.1, 0.15) is 12.5 Å². The molecule has 7 heteroatoms. The first-order valence-corrected chi connectivity index (χ1v) is 8.92. The van der Waals surface area contributed by atoms with Gasteiger partial charge in [0.05, 0.1) is 19.8 Å². The molecule has 0 saturated heterocycles. The molecule has 1 aromatic rings. The number of rotatable bonds is 6. The van der Waals surface area contributed by atoms with Gasteiger partial charge < -0.3 is 4.57 Å². The molecule has 0 fully saturated rings. The lowest BCUT2D eigenvalue weighted by atomic mass is 10.1. The highest BCUT2D eigenvalue weighted by Crippen LogP contribution is 2.35. The lowest BCUT2D eigenvalue weighted by Gasteiger charge is -2.24. The highest BCUT2D eigenvalue weighted by molar-refractivity contribution is 7.62. The normalized spacial score (nSPS) is 11.7. The number of hydrogen-bond donors (Lipinski definition) is 1. The average Bonchev–Trinajstić information content (AvgIpc) is 2.29. The summed E-state index contributed by atoms with van der Waals surface area (Å²) in [6, 6.07) is 5.52. The predicted octanol–water partition coefficient (Wildman–Crippen LogP) is 2.06. The molecular weight excluding hydrogens is 282 g/mol. The number of amides is 1. The fourth-order valence-electron chi connectivity index (χ4n) is 1.80. The smallest absolute Gasteiger partial charge is 0.251 e. The van der Waals surface area contributed by atoms with Gasteiger partial charge >= 0.3 is 0 Å². The Morgan fingerprint density at radius 3 is 2.35 bits per heavy atom. The van der Waals surface area contributed by atoms with Gasteiger partial charge in [-0.25, -0.2) is 9.45 Å². The third kappa shape index (κ3) is 6.28. The van der Waals surface area contributed by atoms with E-state index in [9.17, 15) is 19.0 Å². The molecule has 0 saturated carbocycles. The summed E-state index contributed by atoms with van der Waals surface area (Å²) in [4.78, 5) is 13.4. The average molecular weight is 302 g/mol. The Labute approximate surface area is 118 Å². The molecule has 0 aliphatic rings. The van der Waals surface area contributed by atoms with E-state index in [1.807, 2.05) is 0 Å². The van der Waals surface area contributed by atoms with Crippen LogP contribution in [0.5, 0.6) is 0 Å². The van der Waals surface area contributed by atoms with Crippen LogP contribution >= 0.6 is 7.14 Å². The van der Waals surface area contributed by atoms with E-state index >= 15 is 0 Å². The van der Waals surface area contributed by atoms with E-state index < -0.39 is 13.0 Å². The van der Waals surface area contributed by atoms with E-state index in [0.717, 1.165) is 0 Å². The number of carbonyl (C=O) groups excluding carboxylic acids is 1. The first-order valence-electron chi connectivity index (χ1n) is 6.13. The molecule has 0 aromatic heterocycles. The van der Waals surface area contributed by atoms with Crippen LogP contribution in [0.2, 0.25) is 0 Å². The molecule has 0 unspecified atom stereocenters. The van der Waals surface area contributed by atoms with Crippen LogP contribution in [0, 0.1) is 5.82 Å². The SMILES string of the molecule is CN(CN(O)C(=O)Cc1ccc(F)cc1)CP(C)(C)=O. The molecule has 1 rings (SSSR count). The largest absolute Gasteiger partial charge is 0.323 e. The molecule has 1 N–H and O–H groups in total. The van der Waals surface area contributed by atoms with Crippen molar-refractivity contribution >= 4 is 13.0 Å². The molecule has 0 spiro atoms. The summed E-state index contributed by atoms with van der Waals surface area (Å²) in [6.07, 6.45) is 0.300. The van der Waals surface area contributed by atoms with Gasteiger partial charge in [-0.1, -0.05) is 12.1 Å². The molecule has 0 atom stereocenters. The van der Waals surface area contributed by atoms with Crippen molar-refractivity contribution in [1.29, 1.82) is 0 Å². The third-order valence-electron chi connectivity index (χ3n) is 2.51. The summed E-state index contributed by atoms with van der Waals surface area (Å²) in [6.45, 7) is 3.27. The highest BCUT2D eigenvalue weighted by atomic mass is 31.2. The lowest BCUT2D eigenvalue weighted by Crippen LogP contribution is -2.38. The van der Waals surface area contributed by atoms with E-state index in [4.69, 9.17) is 0 Å². The van der Waals surface area contributed by atoms with Gasteiger partial charge in [0.15, 0.2) is 0 Å². The first kappa shape index (κ1) is 16.8. The first-order chi connectivity index (χ1) is 9.17. The molecule has 0 bridgehead atoms. The monoisotopic (exact) mass is 302 g/mol. The standard InChI is InChI=1S/C13H20FN2O3P/c1-15(10-20(2,3)19)9-16(18)13(17)8-11-4-6-12(14)7-5-11/h4-7,18H,8-10H2,1-3H3. The van der Waals surface area contributed by atoms with Gasteiger partial charge in [0.25, 0.3) is 5.91 Å². The summed E-state index contributed by atoms with van der Waals surface area (Å²) >= 11 is 0. The number of nitrogens with zero attached hydrogens (tertiary/aromatic N) is 2. The van der Waals surface area contributed by atoms with E-state index in [2.05, 4.69) is 0 Å². The molecule has 1 aromatic carbocycles. The van der Waals surface area contributed by atoms with Crippen molar-refractivity contribution < 1.29 is 19.0 Å². The van der Waals surface area contributed by atoms with Crippen LogP contribution in [0.4, 0.5) is 4.39 Å². The topological polar surface area (TPSA) is 60.9 Å². The lowest BCUT2D eigenvalue weighted by molar-refractivity contribution is -0.171. The maximum absolute atomic E-state index is 12.7. The number of carbonyl (C=O) groups is 1.